The summed E-state index contributed by atoms with van der Waals surface area (Å²) in [5.41, 5.74) is 0. The SMILES string of the molecule is CCCCCCC(C)C(C)C(NC)C(C)C. The van der Waals surface area contributed by atoms with Gasteiger partial charge in [0.05, 0.1) is 0 Å². The van der Waals surface area contributed by atoms with E-state index in [-0.39, 0.29) is 0 Å². The molecule has 0 aliphatic rings. The highest BCUT2D eigenvalue weighted by atomic mass is 14.9. The minimum atomic E-state index is 0.668. The fraction of sp³-hybridized carbons (Fsp3) is 1.00. The van der Waals surface area contributed by atoms with Crippen LogP contribution in [0.3, 0.4) is 0 Å². The van der Waals surface area contributed by atoms with E-state index in [1.165, 1.54) is 32.1 Å². The highest BCUT2D eigenvalue weighted by Gasteiger charge is 2.23. The van der Waals surface area contributed by atoms with Crippen LogP contribution in [-0.2, 0) is 0 Å². The van der Waals surface area contributed by atoms with Gasteiger partial charge in [0, 0.05) is 6.04 Å². The Morgan fingerprint density at radius 2 is 1.56 bits per heavy atom. The first-order valence-electron chi connectivity index (χ1n) is 7.21. The molecule has 0 saturated carbocycles. The first-order chi connectivity index (χ1) is 7.54. The molecule has 0 heterocycles. The molecule has 0 spiro atoms. The van der Waals surface area contributed by atoms with Crippen molar-refractivity contribution in [1.29, 1.82) is 0 Å². The number of nitrogens with one attached hydrogen (secondary N) is 1. The summed E-state index contributed by atoms with van der Waals surface area (Å²) in [6, 6.07) is 0.668. The lowest BCUT2D eigenvalue weighted by atomic mass is 9.81. The Morgan fingerprint density at radius 1 is 0.938 bits per heavy atom. The summed E-state index contributed by atoms with van der Waals surface area (Å²) in [6.07, 6.45) is 6.97. The molecule has 3 unspecified atom stereocenters. The Bertz CT molecular complexity index is 154. The van der Waals surface area contributed by atoms with Crippen LogP contribution in [0.4, 0.5) is 0 Å². The molecule has 0 fully saturated rings. The minimum Gasteiger partial charge on any atom is -0.316 e. The maximum atomic E-state index is 3.48. The first-order valence-corrected chi connectivity index (χ1v) is 7.21. The zero-order valence-corrected chi connectivity index (χ0v) is 12.3. The zero-order chi connectivity index (χ0) is 12.6. The number of unbranched alkanes of at least 4 members (excludes halogenated alkanes) is 3. The van der Waals surface area contributed by atoms with Gasteiger partial charge in [-0.15, -0.1) is 0 Å². The van der Waals surface area contributed by atoms with E-state index in [9.17, 15) is 0 Å². The molecule has 0 amide bonds. The van der Waals surface area contributed by atoms with Gasteiger partial charge in [-0.2, -0.15) is 0 Å². The van der Waals surface area contributed by atoms with Crippen molar-refractivity contribution in [1.82, 2.24) is 5.32 Å². The van der Waals surface area contributed by atoms with Crippen LogP contribution in [0.1, 0.15) is 66.7 Å². The Labute approximate surface area is 103 Å². The monoisotopic (exact) mass is 227 g/mol. The molecule has 0 aromatic carbocycles. The third kappa shape index (κ3) is 5.89. The van der Waals surface area contributed by atoms with Gasteiger partial charge < -0.3 is 5.32 Å². The van der Waals surface area contributed by atoms with Crippen LogP contribution in [-0.4, -0.2) is 13.1 Å². The third-order valence-corrected chi connectivity index (χ3v) is 4.03. The van der Waals surface area contributed by atoms with Gasteiger partial charge in [-0.05, 0) is 24.8 Å². The zero-order valence-electron chi connectivity index (χ0n) is 12.3. The van der Waals surface area contributed by atoms with Gasteiger partial charge in [-0.3, -0.25) is 0 Å². The minimum absolute atomic E-state index is 0.668. The van der Waals surface area contributed by atoms with E-state index in [0.29, 0.717) is 6.04 Å². The fourth-order valence-electron chi connectivity index (χ4n) is 2.71. The van der Waals surface area contributed by atoms with Crippen LogP contribution in [0.5, 0.6) is 0 Å². The molecule has 0 aromatic rings. The molecule has 0 aliphatic carbocycles. The molecule has 0 aliphatic heterocycles. The first kappa shape index (κ1) is 16.0. The van der Waals surface area contributed by atoms with E-state index in [1.807, 2.05) is 0 Å². The van der Waals surface area contributed by atoms with Crippen molar-refractivity contribution in [3.8, 4) is 0 Å². The summed E-state index contributed by atoms with van der Waals surface area (Å²) >= 11 is 0. The lowest BCUT2D eigenvalue weighted by Gasteiger charge is -2.31. The van der Waals surface area contributed by atoms with Crippen LogP contribution < -0.4 is 5.32 Å². The fourth-order valence-corrected chi connectivity index (χ4v) is 2.71. The predicted octanol–water partition coefficient (Wildman–Crippen LogP) is 4.47. The average molecular weight is 227 g/mol. The van der Waals surface area contributed by atoms with Crippen molar-refractivity contribution in [3.05, 3.63) is 0 Å². The van der Waals surface area contributed by atoms with E-state index in [4.69, 9.17) is 0 Å². The number of rotatable bonds is 9. The van der Waals surface area contributed by atoms with Gasteiger partial charge in [0.15, 0.2) is 0 Å². The molecule has 0 saturated heterocycles. The molecule has 1 N–H and O–H groups in total. The molecular weight excluding hydrogens is 194 g/mol. The summed E-state index contributed by atoms with van der Waals surface area (Å²) in [6.45, 7) is 11.7. The van der Waals surface area contributed by atoms with Crippen LogP contribution in [0.2, 0.25) is 0 Å². The van der Waals surface area contributed by atoms with Gasteiger partial charge in [-0.1, -0.05) is 66.7 Å². The highest BCUT2D eigenvalue weighted by Crippen LogP contribution is 2.25. The molecule has 0 radical (unpaired) electrons. The Morgan fingerprint density at radius 3 is 2.00 bits per heavy atom. The molecule has 1 nitrogen and oxygen atoms in total. The average Bonchev–Trinajstić information content (AvgIpc) is 2.24. The topological polar surface area (TPSA) is 12.0 Å². The lowest BCUT2D eigenvalue weighted by molar-refractivity contribution is 0.230. The summed E-state index contributed by atoms with van der Waals surface area (Å²) in [7, 11) is 2.10. The summed E-state index contributed by atoms with van der Waals surface area (Å²) in [4.78, 5) is 0. The largest absolute Gasteiger partial charge is 0.316 e. The van der Waals surface area contributed by atoms with Gasteiger partial charge in [0.1, 0.15) is 0 Å². The normalized spacial score (nSPS) is 17.4. The molecule has 0 aromatic heterocycles. The Hall–Kier alpha value is -0.0400. The third-order valence-electron chi connectivity index (χ3n) is 4.03. The summed E-state index contributed by atoms with van der Waals surface area (Å²) in [5.74, 6) is 2.36. The van der Waals surface area contributed by atoms with Gasteiger partial charge in [-0.25, -0.2) is 0 Å². The molecule has 16 heavy (non-hydrogen) atoms. The molecule has 0 bridgehead atoms. The number of hydrogen-bond donors (Lipinski definition) is 1. The van der Waals surface area contributed by atoms with E-state index in [2.05, 4.69) is 47.0 Å². The van der Waals surface area contributed by atoms with Crippen LogP contribution in [0.25, 0.3) is 0 Å². The Kier molecular flexibility index (Phi) is 9.02. The summed E-state index contributed by atoms with van der Waals surface area (Å²) in [5, 5.41) is 3.48. The van der Waals surface area contributed by atoms with Crippen molar-refractivity contribution in [2.24, 2.45) is 17.8 Å². The van der Waals surface area contributed by atoms with Crippen LogP contribution >= 0.6 is 0 Å². The highest BCUT2D eigenvalue weighted by molar-refractivity contribution is 4.78. The molecule has 0 rings (SSSR count). The van der Waals surface area contributed by atoms with Gasteiger partial charge in [0.2, 0.25) is 0 Å². The second-order valence-electron chi connectivity index (χ2n) is 5.74. The number of hydrogen-bond acceptors (Lipinski definition) is 1. The maximum absolute atomic E-state index is 3.48. The lowest BCUT2D eigenvalue weighted by Crippen LogP contribution is -2.39. The van der Waals surface area contributed by atoms with Crippen molar-refractivity contribution in [2.45, 2.75) is 72.8 Å². The van der Waals surface area contributed by atoms with Crippen molar-refractivity contribution < 1.29 is 0 Å². The molecule has 98 valence electrons. The second-order valence-corrected chi connectivity index (χ2v) is 5.74. The standard InChI is InChI=1S/C15H33N/c1-7-8-9-10-11-13(4)14(5)15(16-6)12(2)3/h12-16H,7-11H2,1-6H3. The Balaban J connectivity index is 3.91. The van der Waals surface area contributed by atoms with Crippen LogP contribution in [0.15, 0.2) is 0 Å². The van der Waals surface area contributed by atoms with E-state index >= 15 is 0 Å². The van der Waals surface area contributed by atoms with Gasteiger partial charge >= 0.3 is 0 Å². The van der Waals surface area contributed by atoms with Crippen LogP contribution in [0, 0.1) is 17.8 Å². The quantitative estimate of drug-likeness (QED) is 0.573. The second kappa shape index (κ2) is 9.04. The van der Waals surface area contributed by atoms with E-state index < -0.39 is 0 Å². The predicted molar refractivity (Wildman–Crippen MR) is 74.8 cm³/mol. The van der Waals surface area contributed by atoms with E-state index in [0.717, 1.165) is 17.8 Å². The summed E-state index contributed by atoms with van der Waals surface area (Å²) < 4.78 is 0. The molecule has 1 heteroatoms. The van der Waals surface area contributed by atoms with Crippen molar-refractivity contribution in [3.63, 3.8) is 0 Å². The molecule has 3 atom stereocenters. The maximum Gasteiger partial charge on any atom is 0.0115 e. The van der Waals surface area contributed by atoms with E-state index in [1.54, 1.807) is 0 Å². The smallest absolute Gasteiger partial charge is 0.0115 e. The molecular formula is C15H33N. The van der Waals surface area contributed by atoms with Crippen molar-refractivity contribution in [2.75, 3.05) is 7.05 Å². The van der Waals surface area contributed by atoms with Crippen molar-refractivity contribution >= 4 is 0 Å². The van der Waals surface area contributed by atoms with Gasteiger partial charge in [0.25, 0.3) is 0 Å².